The summed E-state index contributed by atoms with van der Waals surface area (Å²) >= 11 is 0. The molecule has 1 aromatic heterocycles. The molecule has 0 fully saturated rings. The van der Waals surface area contributed by atoms with Crippen LogP contribution in [0.5, 0.6) is 0 Å². The summed E-state index contributed by atoms with van der Waals surface area (Å²) in [6, 6.07) is 13.5. The lowest BCUT2D eigenvalue weighted by Gasteiger charge is -2.10. The van der Waals surface area contributed by atoms with Crippen LogP contribution < -0.4 is 11.1 Å². The third-order valence-corrected chi connectivity index (χ3v) is 4.20. The summed E-state index contributed by atoms with van der Waals surface area (Å²) in [4.78, 5) is 16.8. The maximum absolute atomic E-state index is 12.3. The molecule has 7 heteroatoms. The number of nitrogens with one attached hydrogen (secondary N) is 1. The minimum atomic E-state index is -0.0768. The van der Waals surface area contributed by atoms with Gasteiger partial charge in [-0.3, -0.25) is 4.79 Å². The van der Waals surface area contributed by atoms with E-state index in [1.54, 1.807) is 12.1 Å². The summed E-state index contributed by atoms with van der Waals surface area (Å²) in [6.45, 7) is 5.35. The molecule has 0 atom stereocenters. The Balaban J connectivity index is 0.00000169. The fraction of sp³-hybridized carbons (Fsp3) is 0.263. The Morgan fingerprint density at radius 2 is 1.88 bits per heavy atom. The first-order chi connectivity index (χ1) is 11.6. The highest BCUT2D eigenvalue weighted by Crippen LogP contribution is 2.16. The molecule has 5 nitrogen and oxygen atoms in total. The number of halogens is 2. The highest BCUT2D eigenvalue weighted by molar-refractivity contribution is 5.96. The number of carbonyl (C=O) groups is 1. The molecule has 3 rings (SSSR count). The molecule has 2 aromatic carbocycles. The number of nitrogen functional groups attached to an aromatic ring is 1. The second-order valence-electron chi connectivity index (χ2n) is 5.98. The Hall–Kier alpha value is -2.24. The Labute approximate surface area is 165 Å². The van der Waals surface area contributed by atoms with Crippen LogP contribution in [0.25, 0.3) is 11.0 Å². The monoisotopic (exact) mass is 394 g/mol. The van der Waals surface area contributed by atoms with E-state index in [4.69, 9.17) is 5.73 Å². The van der Waals surface area contributed by atoms with Crippen LogP contribution in [0.1, 0.15) is 28.2 Å². The summed E-state index contributed by atoms with van der Waals surface area (Å²) in [5.74, 6) is 0.918. The number of hydrogen-bond donors (Lipinski definition) is 2. The topological polar surface area (TPSA) is 72.9 Å². The zero-order chi connectivity index (χ0) is 17.1. The number of rotatable bonds is 5. The van der Waals surface area contributed by atoms with Crippen molar-refractivity contribution >= 4 is 47.4 Å². The molecule has 3 aromatic rings. The molecule has 3 N–H and O–H groups in total. The zero-order valence-corrected chi connectivity index (χ0v) is 16.5. The van der Waals surface area contributed by atoms with Gasteiger partial charge in [-0.2, -0.15) is 0 Å². The van der Waals surface area contributed by atoms with Crippen molar-refractivity contribution in [2.24, 2.45) is 0 Å². The quantitative estimate of drug-likeness (QED) is 0.508. The van der Waals surface area contributed by atoms with Crippen LogP contribution in [-0.4, -0.2) is 22.0 Å². The van der Waals surface area contributed by atoms with Gasteiger partial charge in [-0.25, -0.2) is 4.98 Å². The van der Waals surface area contributed by atoms with Gasteiger partial charge in [0.25, 0.3) is 5.91 Å². The van der Waals surface area contributed by atoms with Crippen LogP contribution in [0.3, 0.4) is 0 Å². The van der Waals surface area contributed by atoms with Gasteiger partial charge in [-0.15, -0.1) is 24.8 Å². The third-order valence-electron chi connectivity index (χ3n) is 4.20. The van der Waals surface area contributed by atoms with E-state index in [0.717, 1.165) is 35.4 Å². The summed E-state index contributed by atoms with van der Waals surface area (Å²) in [5, 5.41) is 2.97. The van der Waals surface area contributed by atoms with Gasteiger partial charge in [0.05, 0.1) is 11.0 Å². The van der Waals surface area contributed by atoms with Crippen molar-refractivity contribution in [2.45, 2.75) is 26.8 Å². The average molecular weight is 395 g/mol. The average Bonchev–Trinajstić information content (AvgIpc) is 2.89. The van der Waals surface area contributed by atoms with E-state index in [2.05, 4.69) is 20.9 Å². The minimum Gasteiger partial charge on any atom is -0.399 e. The molecule has 0 aliphatic carbocycles. The third kappa shape index (κ3) is 4.68. The van der Waals surface area contributed by atoms with Gasteiger partial charge < -0.3 is 15.6 Å². The Morgan fingerprint density at radius 3 is 2.65 bits per heavy atom. The lowest BCUT2D eigenvalue weighted by molar-refractivity contribution is 0.0952. The molecule has 0 spiro atoms. The number of aromatic nitrogens is 2. The van der Waals surface area contributed by atoms with E-state index < -0.39 is 0 Å². The number of benzene rings is 2. The summed E-state index contributed by atoms with van der Waals surface area (Å²) in [5.41, 5.74) is 10.1. The Kier molecular flexibility index (Phi) is 7.93. The van der Waals surface area contributed by atoms with Gasteiger partial charge in [0.2, 0.25) is 0 Å². The molecule has 0 aliphatic rings. The summed E-state index contributed by atoms with van der Waals surface area (Å²) in [7, 11) is 0. The molecule has 0 unspecified atom stereocenters. The van der Waals surface area contributed by atoms with Crippen LogP contribution in [0.4, 0.5) is 5.69 Å². The molecule has 26 heavy (non-hydrogen) atoms. The first-order valence-electron chi connectivity index (χ1n) is 8.12. The molecule has 1 amide bonds. The standard InChI is InChI=1S/C19H22N4O.2ClH/c1-13-8-9-15(20)12-16(13)19(24)21-10-5-11-23-14(2)22-17-6-3-4-7-18(17)23;;/h3-4,6-9,12H,5,10-11,20H2,1-2H3,(H,21,24);2*1H. The van der Waals surface area contributed by atoms with Crippen LogP contribution in [-0.2, 0) is 6.54 Å². The van der Waals surface area contributed by atoms with E-state index in [-0.39, 0.29) is 30.7 Å². The number of imidazole rings is 1. The number of nitrogens with zero attached hydrogens (tertiary/aromatic N) is 2. The van der Waals surface area contributed by atoms with E-state index in [0.29, 0.717) is 17.8 Å². The van der Waals surface area contributed by atoms with E-state index >= 15 is 0 Å². The maximum Gasteiger partial charge on any atom is 0.251 e. The smallest absolute Gasteiger partial charge is 0.251 e. The molecule has 0 aliphatic heterocycles. The fourth-order valence-electron chi connectivity index (χ4n) is 2.90. The number of carbonyl (C=O) groups excluding carboxylic acids is 1. The van der Waals surface area contributed by atoms with Gasteiger partial charge in [-0.1, -0.05) is 18.2 Å². The van der Waals surface area contributed by atoms with Gasteiger partial charge in [0, 0.05) is 24.3 Å². The number of hydrogen-bond acceptors (Lipinski definition) is 3. The number of nitrogens with two attached hydrogens (primary N) is 1. The molecule has 0 bridgehead atoms. The molecular formula is C19H24Cl2N4O. The lowest BCUT2D eigenvalue weighted by atomic mass is 10.1. The number of anilines is 1. The first-order valence-corrected chi connectivity index (χ1v) is 8.12. The van der Waals surface area contributed by atoms with Crippen molar-refractivity contribution in [3.05, 3.63) is 59.4 Å². The predicted molar refractivity (Wildman–Crippen MR) is 112 cm³/mol. The molecule has 140 valence electrons. The van der Waals surface area contributed by atoms with Crippen molar-refractivity contribution in [1.82, 2.24) is 14.9 Å². The summed E-state index contributed by atoms with van der Waals surface area (Å²) in [6.07, 6.45) is 0.842. The molecule has 0 saturated heterocycles. The number of para-hydroxylation sites is 2. The van der Waals surface area contributed by atoms with Crippen molar-refractivity contribution in [1.29, 1.82) is 0 Å². The molecule has 1 heterocycles. The highest BCUT2D eigenvalue weighted by Gasteiger charge is 2.09. The molecular weight excluding hydrogens is 371 g/mol. The molecule has 0 saturated carbocycles. The maximum atomic E-state index is 12.3. The number of aryl methyl sites for hydroxylation is 3. The van der Waals surface area contributed by atoms with Crippen molar-refractivity contribution in [3.8, 4) is 0 Å². The lowest BCUT2D eigenvalue weighted by Crippen LogP contribution is -2.26. The van der Waals surface area contributed by atoms with E-state index in [9.17, 15) is 4.79 Å². The van der Waals surface area contributed by atoms with Crippen molar-refractivity contribution < 1.29 is 4.79 Å². The van der Waals surface area contributed by atoms with Crippen LogP contribution in [0.2, 0.25) is 0 Å². The van der Waals surface area contributed by atoms with Crippen LogP contribution >= 0.6 is 24.8 Å². The molecule has 0 radical (unpaired) electrons. The number of fused-ring (bicyclic) bond motifs is 1. The minimum absolute atomic E-state index is 0. The summed E-state index contributed by atoms with van der Waals surface area (Å²) < 4.78 is 2.19. The van der Waals surface area contributed by atoms with E-state index in [1.165, 1.54) is 0 Å². The van der Waals surface area contributed by atoms with Crippen molar-refractivity contribution in [2.75, 3.05) is 12.3 Å². The van der Waals surface area contributed by atoms with Gasteiger partial charge >= 0.3 is 0 Å². The van der Waals surface area contributed by atoms with Crippen LogP contribution in [0.15, 0.2) is 42.5 Å². The Morgan fingerprint density at radius 1 is 1.15 bits per heavy atom. The van der Waals surface area contributed by atoms with Gasteiger partial charge in [-0.05, 0) is 50.1 Å². The first kappa shape index (κ1) is 21.8. The largest absolute Gasteiger partial charge is 0.399 e. The van der Waals surface area contributed by atoms with E-state index in [1.807, 2.05) is 38.1 Å². The van der Waals surface area contributed by atoms with Gasteiger partial charge in [0.1, 0.15) is 5.82 Å². The highest BCUT2D eigenvalue weighted by atomic mass is 35.5. The fourth-order valence-corrected chi connectivity index (χ4v) is 2.90. The second kappa shape index (κ2) is 9.46. The zero-order valence-electron chi connectivity index (χ0n) is 14.9. The Bertz CT molecular complexity index is 892. The SMILES string of the molecule is Cc1ccc(N)cc1C(=O)NCCCn1c(C)nc2ccccc21.Cl.Cl. The predicted octanol–water partition coefficient (Wildman–Crippen LogP) is 3.90. The van der Waals surface area contributed by atoms with Crippen molar-refractivity contribution in [3.63, 3.8) is 0 Å². The number of amides is 1. The van der Waals surface area contributed by atoms with Gasteiger partial charge in [0.15, 0.2) is 0 Å². The van der Waals surface area contributed by atoms with Crippen LogP contribution in [0, 0.1) is 13.8 Å². The normalized spacial score (nSPS) is 10.1. The second-order valence-corrected chi connectivity index (χ2v) is 5.98.